The fraction of sp³-hybridized carbons (Fsp3) is 0.238. The van der Waals surface area contributed by atoms with Crippen LogP contribution in [0.3, 0.4) is 0 Å². The lowest BCUT2D eigenvalue weighted by Crippen LogP contribution is -2.33. The summed E-state index contributed by atoms with van der Waals surface area (Å²) in [6.07, 6.45) is -0.400. The van der Waals surface area contributed by atoms with E-state index in [2.05, 4.69) is 15.9 Å². The van der Waals surface area contributed by atoms with Gasteiger partial charge in [-0.25, -0.2) is 9.59 Å². The van der Waals surface area contributed by atoms with Crippen LogP contribution in [0.5, 0.6) is 5.75 Å². The van der Waals surface area contributed by atoms with Crippen molar-refractivity contribution in [3.8, 4) is 16.9 Å². The van der Waals surface area contributed by atoms with Crippen LogP contribution in [0.1, 0.15) is 19.4 Å². The van der Waals surface area contributed by atoms with Gasteiger partial charge in [0, 0.05) is 22.9 Å². The van der Waals surface area contributed by atoms with E-state index < -0.39 is 11.7 Å². The fourth-order valence-electron chi connectivity index (χ4n) is 2.99. The topological polar surface area (TPSA) is 59.8 Å². The fourth-order valence-corrected chi connectivity index (χ4v) is 3.26. The van der Waals surface area contributed by atoms with Crippen LogP contribution in [0, 0.1) is 6.92 Å². The number of carbonyl (C=O) groups is 1. The third kappa shape index (κ3) is 3.90. The van der Waals surface area contributed by atoms with E-state index in [1.54, 1.807) is 23.1 Å². The van der Waals surface area contributed by atoms with Crippen LogP contribution in [0.2, 0.25) is 0 Å². The summed E-state index contributed by atoms with van der Waals surface area (Å²) in [4.78, 5) is 26.3. The first-order valence-electron chi connectivity index (χ1n) is 8.74. The van der Waals surface area contributed by atoms with Crippen LogP contribution in [0.4, 0.5) is 4.79 Å². The number of hydrogen-bond donors (Lipinski definition) is 0. The van der Waals surface area contributed by atoms with Gasteiger partial charge < -0.3 is 14.1 Å². The summed E-state index contributed by atoms with van der Waals surface area (Å²) >= 11 is 3.40. The Kier molecular flexibility index (Phi) is 5.65. The summed E-state index contributed by atoms with van der Waals surface area (Å²) in [7, 11) is 0. The summed E-state index contributed by atoms with van der Waals surface area (Å²) in [6.45, 7) is 6.81. The van der Waals surface area contributed by atoms with Crippen LogP contribution in [-0.4, -0.2) is 24.1 Å². The number of ether oxygens (including phenoxy) is 1. The minimum Gasteiger partial charge on any atom is -0.422 e. The number of amides is 1. The highest BCUT2D eigenvalue weighted by Gasteiger charge is 2.16. The molecule has 2 aromatic carbocycles. The molecule has 1 heterocycles. The molecule has 27 heavy (non-hydrogen) atoms. The van der Waals surface area contributed by atoms with Crippen molar-refractivity contribution >= 4 is 33.0 Å². The highest BCUT2D eigenvalue weighted by Crippen LogP contribution is 2.30. The Balaban J connectivity index is 2.06. The van der Waals surface area contributed by atoms with E-state index in [0.29, 0.717) is 30.0 Å². The minimum absolute atomic E-state index is 0.393. The maximum absolute atomic E-state index is 12.5. The number of nitrogens with zero attached hydrogens (tertiary/aromatic N) is 1. The molecule has 0 aliphatic heterocycles. The highest BCUT2D eigenvalue weighted by atomic mass is 79.9. The van der Waals surface area contributed by atoms with Crippen LogP contribution in [0.25, 0.3) is 22.1 Å². The quantitative estimate of drug-likeness (QED) is 0.522. The maximum Gasteiger partial charge on any atom is 0.415 e. The largest absolute Gasteiger partial charge is 0.422 e. The Morgan fingerprint density at radius 1 is 1.11 bits per heavy atom. The highest BCUT2D eigenvalue weighted by molar-refractivity contribution is 9.10. The number of fused-ring (bicyclic) bond motifs is 1. The van der Waals surface area contributed by atoms with E-state index >= 15 is 0 Å². The Labute approximate surface area is 165 Å². The average molecular weight is 430 g/mol. The van der Waals surface area contributed by atoms with Gasteiger partial charge in [0.05, 0.1) is 5.56 Å². The molecular weight excluding hydrogens is 410 g/mol. The Bertz CT molecular complexity index is 1040. The van der Waals surface area contributed by atoms with Gasteiger partial charge in [0.2, 0.25) is 0 Å². The number of halogens is 1. The molecule has 0 unspecified atom stereocenters. The van der Waals surface area contributed by atoms with E-state index in [4.69, 9.17) is 9.15 Å². The SMILES string of the molecule is CCN(CC)C(=O)Oc1ccc2oc(=O)c(-c3ccc(Br)cc3)c(C)c2c1. The van der Waals surface area contributed by atoms with Gasteiger partial charge in [0.1, 0.15) is 11.3 Å². The molecular formula is C21H20BrNO4. The van der Waals surface area contributed by atoms with Crippen molar-refractivity contribution in [3.05, 3.63) is 62.9 Å². The van der Waals surface area contributed by atoms with Crippen molar-refractivity contribution in [2.45, 2.75) is 20.8 Å². The number of hydrogen-bond acceptors (Lipinski definition) is 4. The number of benzene rings is 2. The summed E-state index contributed by atoms with van der Waals surface area (Å²) in [5, 5.41) is 0.734. The third-order valence-electron chi connectivity index (χ3n) is 4.50. The molecule has 1 amide bonds. The zero-order valence-electron chi connectivity index (χ0n) is 15.4. The summed E-state index contributed by atoms with van der Waals surface area (Å²) < 4.78 is 11.9. The average Bonchev–Trinajstić information content (AvgIpc) is 2.65. The molecule has 0 fully saturated rings. The second kappa shape index (κ2) is 7.96. The number of aryl methyl sites for hydroxylation is 1. The molecule has 5 nitrogen and oxygen atoms in total. The zero-order valence-corrected chi connectivity index (χ0v) is 17.0. The number of carbonyl (C=O) groups excluding carboxylic acids is 1. The van der Waals surface area contributed by atoms with Crippen LogP contribution < -0.4 is 10.4 Å². The summed E-state index contributed by atoms with van der Waals surface area (Å²) in [5.74, 6) is 0.415. The lowest BCUT2D eigenvalue weighted by Gasteiger charge is -2.18. The van der Waals surface area contributed by atoms with Gasteiger partial charge in [-0.15, -0.1) is 0 Å². The van der Waals surface area contributed by atoms with Gasteiger partial charge in [-0.05, 0) is 62.2 Å². The summed E-state index contributed by atoms with van der Waals surface area (Å²) in [5.41, 5.74) is 2.12. The second-order valence-electron chi connectivity index (χ2n) is 6.09. The first-order valence-corrected chi connectivity index (χ1v) is 9.54. The van der Waals surface area contributed by atoms with Crippen molar-refractivity contribution in [2.24, 2.45) is 0 Å². The minimum atomic E-state index is -0.400. The molecule has 0 aliphatic carbocycles. The molecule has 1 aromatic heterocycles. The molecule has 0 N–H and O–H groups in total. The molecule has 0 spiro atoms. The zero-order chi connectivity index (χ0) is 19.6. The van der Waals surface area contributed by atoms with Crippen molar-refractivity contribution in [3.63, 3.8) is 0 Å². The first-order chi connectivity index (χ1) is 12.9. The van der Waals surface area contributed by atoms with Gasteiger partial charge in [-0.3, -0.25) is 0 Å². The lowest BCUT2D eigenvalue weighted by molar-refractivity contribution is 0.157. The normalized spacial score (nSPS) is 10.8. The standard InChI is InChI=1S/C21H20BrNO4/c1-4-23(5-2)21(25)26-16-10-11-18-17(12-16)13(3)19(20(24)27-18)14-6-8-15(22)9-7-14/h6-12H,4-5H2,1-3H3. The molecule has 140 valence electrons. The molecule has 3 aromatic rings. The van der Waals surface area contributed by atoms with Crippen molar-refractivity contribution in [2.75, 3.05) is 13.1 Å². The van der Waals surface area contributed by atoms with E-state index in [0.717, 1.165) is 21.0 Å². The predicted molar refractivity (Wildman–Crippen MR) is 109 cm³/mol. The smallest absolute Gasteiger partial charge is 0.415 e. The Morgan fingerprint density at radius 2 is 1.78 bits per heavy atom. The molecule has 0 saturated heterocycles. The van der Waals surface area contributed by atoms with E-state index in [-0.39, 0.29) is 0 Å². The van der Waals surface area contributed by atoms with Gasteiger partial charge in [0.25, 0.3) is 0 Å². The Hall–Kier alpha value is -2.60. The molecule has 6 heteroatoms. The molecule has 0 bridgehead atoms. The monoisotopic (exact) mass is 429 g/mol. The first kappa shape index (κ1) is 19.2. The molecule has 0 aliphatic rings. The third-order valence-corrected chi connectivity index (χ3v) is 5.03. The summed E-state index contributed by atoms with van der Waals surface area (Å²) in [6, 6.07) is 12.5. The van der Waals surface area contributed by atoms with Crippen molar-refractivity contribution < 1.29 is 13.9 Å². The molecule has 0 atom stereocenters. The molecule has 0 saturated carbocycles. The Morgan fingerprint density at radius 3 is 2.41 bits per heavy atom. The lowest BCUT2D eigenvalue weighted by atomic mass is 9.99. The van der Waals surface area contributed by atoms with Gasteiger partial charge in [-0.2, -0.15) is 0 Å². The molecule has 3 rings (SSSR count). The second-order valence-corrected chi connectivity index (χ2v) is 7.01. The predicted octanol–water partition coefficient (Wildman–Crippen LogP) is 5.37. The van der Waals surface area contributed by atoms with E-state index in [1.807, 2.05) is 45.0 Å². The number of rotatable bonds is 4. The van der Waals surface area contributed by atoms with E-state index in [1.165, 1.54) is 0 Å². The van der Waals surface area contributed by atoms with Gasteiger partial charge in [-0.1, -0.05) is 28.1 Å². The van der Waals surface area contributed by atoms with Gasteiger partial charge >= 0.3 is 11.7 Å². The van der Waals surface area contributed by atoms with Crippen molar-refractivity contribution in [1.29, 1.82) is 0 Å². The van der Waals surface area contributed by atoms with Crippen molar-refractivity contribution in [1.82, 2.24) is 4.90 Å². The molecule has 0 radical (unpaired) electrons. The van der Waals surface area contributed by atoms with E-state index in [9.17, 15) is 9.59 Å². The van der Waals surface area contributed by atoms with Crippen LogP contribution >= 0.6 is 15.9 Å². The maximum atomic E-state index is 12.5. The van der Waals surface area contributed by atoms with Crippen LogP contribution in [0.15, 0.2) is 56.1 Å². The van der Waals surface area contributed by atoms with Gasteiger partial charge in [0.15, 0.2) is 0 Å². The van der Waals surface area contributed by atoms with Crippen LogP contribution in [-0.2, 0) is 0 Å².